The second-order valence-corrected chi connectivity index (χ2v) is 8.07. The Hall–Kier alpha value is -3.96. The number of carbonyl (C=O) groups excluding carboxylic acids is 1. The molecule has 3 atom stereocenters. The second kappa shape index (κ2) is 9.12. The topological polar surface area (TPSA) is 140 Å². The van der Waals surface area contributed by atoms with E-state index < -0.39 is 18.4 Å². The van der Waals surface area contributed by atoms with Crippen LogP contribution in [0.3, 0.4) is 0 Å². The number of nitrogens with one attached hydrogen (secondary N) is 2. The third-order valence-electron chi connectivity index (χ3n) is 5.66. The van der Waals surface area contributed by atoms with E-state index >= 15 is 0 Å². The van der Waals surface area contributed by atoms with E-state index in [4.69, 9.17) is 14.7 Å². The van der Waals surface area contributed by atoms with E-state index in [1.54, 1.807) is 29.5 Å². The number of aryl methyl sites for hydroxylation is 1. The van der Waals surface area contributed by atoms with E-state index in [0.717, 1.165) is 16.8 Å². The molecule has 4 aromatic rings. The molecule has 0 radical (unpaired) electrons. The van der Waals surface area contributed by atoms with Crippen molar-refractivity contribution in [1.82, 2.24) is 34.8 Å². The number of aromatic nitrogens is 6. The molecule has 0 unspecified atom stereocenters. The molecule has 1 aliphatic rings. The molecule has 5 rings (SSSR count). The van der Waals surface area contributed by atoms with Crippen LogP contribution in [-0.2, 0) is 16.1 Å². The van der Waals surface area contributed by atoms with Gasteiger partial charge in [0.2, 0.25) is 0 Å². The van der Waals surface area contributed by atoms with Gasteiger partial charge in [0.05, 0.1) is 24.7 Å². The predicted octanol–water partition coefficient (Wildman–Crippen LogP) is 1.60. The third kappa shape index (κ3) is 4.18. The van der Waals surface area contributed by atoms with Crippen LogP contribution >= 0.6 is 0 Å². The summed E-state index contributed by atoms with van der Waals surface area (Å²) in [5.74, 6) is 0.619. The number of anilines is 1. The Morgan fingerprint density at radius 1 is 1.26 bits per heavy atom. The van der Waals surface area contributed by atoms with Gasteiger partial charge in [-0.25, -0.2) is 15.0 Å². The van der Waals surface area contributed by atoms with Crippen molar-refractivity contribution >= 4 is 22.9 Å². The molecule has 5 heterocycles. The molecular weight excluding hydrogens is 436 g/mol. The van der Waals surface area contributed by atoms with Crippen molar-refractivity contribution in [2.75, 3.05) is 12.4 Å². The van der Waals surface area contributed by atoms with Crippen molar-refractivity contribution in [2.45, 2.75) is 38.3 Å². The van der Waals surface area contributed by atoms with Crippen LogP contribution in [0.1, 0.15) is 23.9 Å². The highest BCUT2D eigenvalue weighted by molar-refractivity contribution is 5.85. The number of pyridine rings is 2. The summed E-state index contributed by atoms with van der Waals surface area (Å²) in [6.07, 6.45) is 4.45. The first-order valence-electron chi connectivity index (χ1n) is 10.9. The number of amides is 1. The second-order valence-electron chi connectivity index (χ2n) is 8.07. The molecule has 1 fully saturated rings. The molecule has 174 valence electrons. The summed E-state index contributed by atoms with van der Waals surface area (Å²) in [6, 6.07) is 7.63. The molecule has 0 aliphatic carbocycles. The first-order valence-corrected chi connectivity index (χ1v) is 10.9. The first kappa shape index (κ1) is 21.9. The molecule has 4 aromatic heterocycles. The van der Waals surface area contributed by atoms with Gasteiger partial charge in [-0.05, 0) is 36.8 Å². The maximum atomic E-state index is 12.1. The molecule has 1 saturated heterocycles. The maximum absolute atomic E-state index is 12.1. The molecule has 0 bridgehead atoms. The van der Waals surface area contributed by atoms with Crippen LogP contribution < -0.4 is 10.6 Å². The summed E-state index contributed by atoms with van der Waals surface area (Å²) in [4.78, 5) is 34.6. The Kier molecular flexibility index (Phi) is 5.86. The number of fused-ring (bicyclic) bond motifs is 1. The minimum absolute atomic E-state index is 0.228. The van der Waals surface area contributed by atoms with E-state index in [0.29, 0.717) is 29.4 Å². The van der Waals surface area contributed by atoms with E-state index in [2.05, 4.69) is 25.6 Å². The highest BCUT2D eigenvalue weighted by Crippen LogP contribution is 2.33. The van der Waals surface area contributed by atoms with Gasteiger partial charge in [0, 0.05) is 37.6 Å². The van der Waals surface area contributed by atoms with Crippen LogP contribution in [-0.4, -0.2) is 59.8 Å². The van der Waals surface area contributed by atoms with E-state index in [9.17, 15) is 9.90 Å². The van der Waals surface area contributed by atoms with Crippen molar-refractivity contribution < 1.29 is 14.6 Å². The Morgan fingerprint density at radius 2 is 2.15 bits per heavy atom. The molecule has 3 N–H and O–H groups in total. The smallest absolute Gasteiger partial charge is 0.251 e. The van der Waals surface area contributed by atoms with Gasteiger partial charge in [0.15, 0.2) is 28.9 Å². The Labute approximate surface area is 195 Å². The quantitative estimate of drug-likeness (QED) is 0.391. The summed E-state index contributed by atoms with van der Waals surface area (Å²) >= 11 is 0. The van der Waals surface area contributed by atoms with Crippen molar-refractivity contribution in [3.8, 4) is 11.4 Å². The molecule has 0 aromatic carbocycles. The average molecular weight is 460 g/mol. The normalized spacial score (nSPS) is 19.9. The van der Waals surface area contributed by atoms with Crippen molar-refractivity contribution in [2.24, 2.45) is 0 Å². The SMILES string of the molecule is CNC(=O)[C@H]1O[C@@H](n2cnc3c(NCc4cc(C)ccn4)nc(-c4cccnc4)nc32)C[C@@H]1O. The van der Waals surface area contributed by atoms with Crippen molar-refractivity contribution in [3.05, 3.63) is 60.4 Å². The molecule has 1 aliphatic heterocycles. The Morgan fingerprint density at radius 3 is 2.91 bits per heavy atom. The number of aliphatic hydroxyl groups is 1. The lowest BCUT2D eigenvalue weighted by molar-refractivity contribution is -0.137. The van der Waals surface area contributed by atoms with Gasteiger partial charge >= 0.3 is 0 Å². The number of carbonyl (C=O) groups is 1. The number of hydrogen-bond acceptors (Lipinski definition) is 9. The molecule has 0 saturated carbocycles. The fourth-order valence-electron chi connectivity index (χ4n) is 3.95. The Bertz CT molecular complexity index is 1330. The largest absolute Gasteiger partial charge is 0.390 e. The number of ether oxygens (including phenoxy) is 1. The minimum atomic E-state index is -0.961. The molecular formula is C23H24N8O3. The van der Waals surface area contributed by atoms with Crippen molar-refractivity contribution in [3.63, 3.8) is 0 Å². The van der Waals surface area contributed by atoms with Crippen molar-refractivity contribution in [1.29, 1.82) is 0 Å². The highest BCUT2D eigenvalue weighted by Gasteiger charge is 2.40. The zero-order chi connectivity index (χ0) is 23.7. The van der Waals surface area contributed by atoms with Crippen LogP contribution in [0.4, 0.5) is 5.82 Å². The number of hydrogen-bond donors (Lipinski definition) is 3. The van der Waals surface area contributed by atoms with E-state index in [1.165, 1.54) is 7.05 Å². The van der Waals surface area contributed by atoms with E-state index in [1.807, 2.05) is 31.2 Å². The number of imidazole rings is 1. The van der Waals surface area contributed by atoms with Crippen LogP contribution in [0.25, 0.3) is 22.6 Å². The zero-order valence-corrected chi connectivity index (χ0v) is 18.7. The zero-order valence-electron chi connectivity index (χ0n) is 18.7. The van der Waals surface area contributed by atoms with Gasteiger partial charge in [-0.3, -0.25) is 19.3 Å². The van der Waals surface area contributed by atoms with Gasteiger partial charge in [0.1, 0.15) is 6.23 Å². The highest BCUT2D eigenvalue weighted by atomic mass is 16.5. The van der Waals surface area contributed by atoms with Gasteiger partial charge < -0.3 is 20.5 Å². The van der Waals surface area contributed by atoms with Crippen LogP contribution in [0.5, 0.6) is 0 Å². The third-order valence-corrected chi connectivity index (χ3v) is 5.66. The van der Waals surface area contributed by atoms with Crippen LogP contribution in [0, 0.1) is 6.92 Å². The predicted molar refractivity (Wildman–Crippen MR) is 123 cm³/mol. The van der Waals surface area contributed by atoms with Gasteiger partial charge in [0.25, 0.3) is 5.91 Å². The standard InChI is InChI=1S/C23H24N8O3/c1-13-5-7-26-15(8-13)11-27-21-18-22(30-20(29-21)14-4-3-6-25-10-14)31(12-28-18)17-9-16(32)19(34-17)23(33)24-2/h3-8,10,12,16-17,19,32H,9,11H2,1-2H3,(H,24,33)(H,27,29,30)/t16-,17+,19-/m0/s1. The van der Waals surface area contributed by atoms with Gasteiger partial charge in [-0.15, -0.1) is 0 Å². The molecule has 34 heavy (non-hydrogen) atoms. The lowest BCUT2D eigenvalue weighted by atomic mass is 10.1. The van der Waals surface area contributed by atoms with Crippen LogP contribution in [0.15, 0.2) is 49.2 Å². The van der Waals surface area contributed by atoms with Gasteiger partial charge in [-0.1, -0.05) is 0 Å². The first-order chi connectivity index (χ1) is 16.5. The fraction of sp³-hybridized carbons (Fsp3) is 0.304. The molecule has 0 spiro atoms. The number of rotatable bonds is 6. The lowest BCUT2D eigenvalue weighted by Crippen LogP contribution is -2.38. The Balaban J connectivity index is 1.54. The monoisotopic (exact) mass is 460 g/mol. The summed E-state index contributed by atoms with van der Waals surface area (Å²) in [6.45, 7) is 2.46. The number of likely N-dealkylation sites (N-methyl/N-ethyl adjacent to an activating group) is 1. The summed E-state index contributed by atoms with van der Waals surface area (Å²) in [7, 11) is 1.51. The summed E-state index contributed by atoms with van der Waals surface area (Å²) in [5.41, 5.74) is 3.78. The molecule has 11 heteroatoms. The van der Waals surface area contributed by atoms with Gasteiger partial charge in [-0.2, -0.15) is 0 Å². The maximum Gasteiger partial charge on any atom is 0.251 e. The molecule has 1 amide bonds. The van der Waals surface area contributed by atoms with Crippen LogP contribution in [0.2, 0.25) is 0 Å². The lowest BCUT2D eigenvalue weighted by Gasteiger charge is -2.15. The number of aliphatic hydroxyl groups excluding tert-OH is 1. The average Bonchev–Trinajstić information content (AvgIpc) is 3.46. The summed E-state index contributed by atoms with van der Waals surface area (Å²) < 4.78 is 7.59. The summed E-state index contributed by atoms with van der Waals surface area (Å²) in [5, 5.41) is 16.2. The molecule has 11 nitrogen and oxygen atoms in total. The fourth-order valence-corrected chi connectivity index (χ4v) is 3.95. The number of nitrogens with zero attached hydrogens (tertiary/aromatic N) is 6. The minimum Gasteiger partial charge on any atom is -0.390 e. The van der Waals surface area contributed by atoms with E-state index in [-0.39, 0.29) is 12.3 Å².